The van der Waals surface area contributed by atoms with E-state index in [2.05, 4.69) is 35.9 Å². The van der Waals surface area contributed by atoms with Crippen LogP contribution in [0.15, 0.2) is 6.33 Å². The van der Waals surface area contributed by atoms with E-state index in [-0.39, 0.29) is 12.2 Å². The van der Waals surface area contributed by atoms with E-state index in [0.29, 0.717) is 11.5 Å². The van der Waals surface area contributed by atoms with E-state index in [1.54, 1.807) is 17.7 Å². The molecule has 2 aliphatic rings. The number of aryl methyl sites for hydroxylation is 1. The Morgan fingerprint density at radius 3 is 2.68 bits per heavy atom. The summed E-state index contributed by atoms with van der Waals surface area (Å²) < 4.78 is 6.50. The Morgan fingerprint density at radius 2 is 2.04 bits per heavy atom. The Balaban J connectivity index is 1.57. The summed E-state index contributed by atoms with van der Waals surface area (Å²) in [5, 5.41) is 11.0. The number of ether oxygens (including phenoxy) is 1. The van der Waals surface area contributed by atoms with E-state index in [1.807, 2.05) is 6.92 Å². The van der Waals surface area contributed by atoms with Crippen molar-refractivity contribution >= 4 is 21.6 Å². The van der Waals surface area contributed by atoms with E-state index in [1.165, 1.54) is 29.7 Å². The van der Waals surface area contributed by atoms with E-state index in [9.17, 15) is 5.11 Å². The molecule has 1 saturated carbocycles. The molecule has 0 radical (unpaired) electrons. The molecule has 0 spiro atoms. The largest absolute Gasteiger partial charge is 0.474 e. The van der Waals surface area contributed by atoms with Crippen molar-refractivity contribution in [2.24, 2.45) is 0 Å². The summed E-state index contributed by atoms with van der Waals surface area (Å²) in [5.74, 6) is 1.16. The first-order chi connectivity index (χ1) is 13.4. The molecule has 6 heteroatoms. The molecular weight excluding hydrogens is 370 g/mol. The highest BCUT2D eigenvalue weighted by Crippen LogP contribution is 2.48. The molecule has 154 valence electrons. The minimum Gasteiger partial charge on any atom is -0.474 e. The highest BCUT2D eigenvalue weighted by atomic mass is 32.1. The van der Waals surface area contributed by atoms with Gasteiger partial charge >= 0.3 is 0 Å². The van der Waals surface area contributed by atoms with Crippen molar-refractivity contribution in [3.05, 3.63) is 16.8 Å². The van der Waals surface area contributed by atoms with Crippen molar-refractivity contribution in [3.63, 3.8) is 0 Å². The average molecular weight is 404 g/mol. The first-order valence-corrected chi connectivity index (χ1v) is 11.5. The van der Waals surface area contributed by atoms with Crippen molar-refractivity contribution in [1.29, 1.82) is 0 Å². The van der Waals surface area contributed by atoms with Crippen LogP contribution >= 0.6 is 11.3 Å². The van der Waals surface area contributed by atoms with Gasteiger partial charge in [0.25, 0.3) is 0 Å². The number of nitrogens with zero attached hydrogens (tertiary/aromatic N) is 3. The third kappa shape index (κ3) is 3.55. The predicted octanol–water partition coefficient (Wildman–Crippen LogP) is 4.52. The molecule has 1 fully saturated rings. The topological polar surface area (TPSA) is 58.5 Å². The Bertz CT molecular complexity index is 825. The van der Waals surface area contributed by atoms with Crippen LogP contribution < -0.4 is 4.74 Å². The number of aromatic nitrogens is 2. The van der Waals surface area contributed by atoms with Crippen molar-refractivity contribution in [2.75, 3.05) is 14.1 Å². The van der Waals surface area contributed by atoms with Gasteiger partial charge in [-0.05, 0) is 83.9 Å². The summed E-state index contributed by atoms with van der Waals surface area (Å²) >= 11 is 1.78. The van der Waals surface area contributed by atoms with Crippen LogP contribution in [-0.4, -0.2) is 51.8 Å². The second-order valence-corrected chi connectivity index (χ2v) is 9.99. The van der Waals surface area contributed by atoms with Crippen LogP contribution in [0.2, 0.25) is 0 Å². The zero-order chi connectivity index (χ0) is 19.9. The van der Waals surface area contributed by atoms with Gasteiger partial charge in [0, 0.05) is 10.4 Å². The molecule has 2 atom stereocenters. The highest BCUT2D eigenvalue weighted by Gasteiger charge is 2.37. The fourth-order valence-corrected chi connectivity index (χ4v) is 6.53. The third-order valence-electron chi connectivity index (χ3n) is 7.07. The van der Waals surface area contributed by atoms with Crippen LogP contribution in [0.25, 0.3) is 10.2 Å². The Morgan fingerprint density at radius 1 is 1.29 bits per heavy atom. The number of hydrogen-bond donors (Lipinski definition) is 1. The van der Waals surface area contributed by atoms with Gasteiger partial charge < -0.3 is 14.7 Å². The molecule has 0 amide bonds. The standard InChI is InChI=1S/C22H33N3O2S/c1-5-22(25(3)4)10-8-16(9-11-22)27-20-19-18-15(12-14(2)26)6-7-17(18)28-21(19)24-13-23-20/h13-16,26H,5-12H2,1-4H3/t14-,15?,16-,22-/m0/s1. The Labute approximate surface area is 172 Å². The second kappa shape index (κ2) is 7.88. The summed E-state index contributed by atoms with van der Waals surface area (Å²) in [6.45, 7) is 4.18. The van der Waals surface area contributed by atoms with Crippen molar-refractivity contribution in [3.8, 4) is 5.88 Å². The van der Waals surface area contributed by atoms with E-state index in [4.69, 9.17) is 4.74 Å². The van der Waals surface area contributed by atoms with Gasteiger partial charge in [-0.1, -0.05) is 6.92 Å². The van der Waals surface area contributed by atoms with E-state index < -0.39 is 0 Å². The molecular formula is C22H33N3O2S. The van der Waals surface area contributed by atoms with Crippen LogP contribution in [0.3, 0.4) is 0 Å². The zero-order valence-electron chi connectivity index (χ0n) is 17.6. The molecule has 0 bridgehead atoms. The van der Waals surface area contributed by atoms with Crippen LogP contribution in [0, 0.1) is 0 Å². The Hall–Kier alpha value is -1.24. The first-order valence-electron chi connectivity index (χ1n) is 10.7. The fourth-order valence-electron chi connectivity index (χ4n) is 5.30. The first kappa shape index (κ1) is 20.0. The normalized spacial score (nSPS) is 28.6. The molecule has 2 aromatic rings. The lowest BCUT2D eigenvalue weighted by Crippen LogP contribution is -2.48. The molecule has 2 heterocycles. The number of thiophene rings is 1. The molecule has 0 aliphatic heterocycles. The minimum absolute atomic E-state index is 0.227. The SMILES string of the molecule is CC[C@]1(N(C)C)CC[C@H](Oc2ncnc3sc4c(c23)C(C[C@H](C)O)CC4)CC1. The van der Waals surface area contributed by atoms with Gasteiger partial charge in [-0.25, -0.2) is 9.97 Å². The fraction of sp³-hybridized carbons (Fsp3) is 0.727. The summed E-state index contributed by atoms with van der Waals surface area (Å²) in [4.78, 5) is 13.9. The molecule has 1 N–H and O–H groups in total. The molecule has 2 aromatic heterocycles. The minimum atomic E-state index is -0.286. The number of hydrogen-bond acceptors (Lipinski definition) is 6. The number of rotatable bonds is 6. The monoisotopic (exact) mass is 403 g/mol. The number of fused-ring (bicyclic) bond motifs is 3. The molecule has 0 saturated heterocycles. The van der Waals surface area contributed by atoms with E-state index >= 15 is 0 Å². The van der Waals surface area contributed by atoms with Crippen LogP contribution in [0.1, 0.15) is 75.2 Å². The van der Waals surface area contributed by atoms with Crippen molar-refractivity contribution in [1.82, 2.24) is 14.9 Å². The summed E-state index contributed by atoms with van der Waals surface area (Å²) in [6.07, 6.45) is 10.2. The maximum atomic E-state index is 9.93. The van der Waals surface area contributed by atoms with Crippen LogP contribution in [0.4, 0.5) is 0 Å². The van der Waals surface area contributed by atoms with Gasteiger partial charge in [-0.15, -0.1) is 11.3 Å². The quantitative estimate of drug-likeness (QED) is 0.768. The van der Waals surface area contributed by atoms with Gasteiger partial charge in [-0.3, -0.25) is 0 Å². The smallest absolute Gasteiger partial charge is 0.225 e. The maximum Gasteiger partial charge on any atom is 0.225 e. The molecule has 2 aliphatic carbocycles. The van der Waals surface area contributed by atoms with Crippen molar-refractivity contribution < 1.29 is 9.84 Å². The van der Waals surface area contributed by atoms with Gasteiger partial charge in [0.1, 0.15) is 17.3 Å². The van der Waals surface area contributed by atoms with Gasteiger partial charge in [-0.2, -0.15) is 0 Å². The lowest BCUT2D eigenvalue weighted by Gasteiger charge is -2.44. The van der Waals surface area contributed by atoms with Crippen molar-refractivity contribution in [2.45, 2.75) is 88.9 Å². The molecule has 5 nitrogen and oxygen atoms in total. The lowest BCUT2D eigenvalue weighted by molar-refractivity contribution is 0.0402. The van der Waals surface area contributed by atoms with Gasteiger partial charge in [0.2, 0.25) is 5.88 Å². The zero-order valence-corrected chi connectivity index (χ0v) is 18.4. The summed E-state index contributed by atoms with van der Waals surface area (Å²) in [5.41, 5.74) is 1.66. The van der Waals surface area contributed by atoms with Crippen LogP contribution in [0.5, 0.6) is 5.88 Å². The Kier molecular flexibility index (Phi) is 5.64. The molecule has 28 heavy (non-hydrogen) atoms. The lowest BCUT2D eigenvalue weighted by atomic mass is 9.77. The molecule has 0 aromatic carbocycles. The third-order valence-corrected chi connectivity index (χ3v) is 8.24. The highest BCUT2D eigenvalue weighted by molar-refractivity contribution is 7.19. The number of aliphatic hydroxyl groups is 1. The second-order valence-electron chi connectivity index (χ2n) is 8.91. The van der Waals surface area contributed by atoms with E-state index in [0.717, 1.165) is 48.2 Å². The average Bonchev–Trinajstić information content (AvgIpc) is 3.22. The van der Waals surface area contributed by atoms with Gasteiger partial charge in [0.15, 0.2) is 0 Å². The molecule has 1 unspecified atom stereocenters. The van der Waals surface area contributed by atoms with Crippen LogP contribution in [-0.2, 0) is 6.42 Å². The number of aliphatic hydroxyl groups excluding tert-OH is 1. The maximum absolute atomic E-state index is 9.93. The summed E-state index contributed by atoms with van der Waals surface area (Å²) in [6, 6.07) is 0. The predicted molar refractivity (Wildman–Crippen MR) is 114 cm³/mol. The van der Waals surface area contributed by atoms with Gasteiger partial charge in [0.05, 0.1) is 11.5 Å². The molecule has 4 rings (SSSR count). The summed E-state index contributed by atoms with van der Waals surface area (Å²) in [7, 11) is 4.41.